The topological polar surface area (TPSA) is 34.9 Å². The zero-order valence-electron chi connectivity index (χ0n) is 6.08. The van der Waals surface area contributed by atoms with Crippen molar-refractivity contribution in [1.29, 1.82) is 0 Å². The molecule has 1 aliphatic rings. The lowest BCUT2D eigenvalue weighted by Gasteiger charge is -1.96. The molecule has 12 heavy (non-hydrogen) atoms. The van der Waals surface area contributed by atoms with E-state index in [4.69, 9.17) is 0 Å². The van der Waals surface area contributed by atoms with Crippen LogP contribution in [0.15, 0.2) is 12.4 Å². The van der Waals surface area contributed by atoms with Gasteiger partial charge in [-0.2, -0.15) is 5.10 Å². The standard InChI is InChI=1S/C7H6F2N2O/c8-7(9)1-6(7)11-3-5(4-12)2-10-11/h2-4,6H,1H2. The largest absolute Gasteiger partial charge is 0.298 e. The van der Waals surface area contributed by atoms with Crippen molar-refractivity contribution in [2.45, 2.75) is 18.4 Å². The number of rotatable bonds is 2. The molecule has 1 fully saturated rings. The molecule has 0 radical (unpaired) electrons. The van der Waals surface area contributed by atoms with Crippen molar-refractivity contribution in [1.82, 2.24) is 9.78 Å². The third kappa shape index (κ3) is 1.01. The fourth-order valence-electron chi connectivity index (χ4n) is 1.07. The van der Waals surface area contributed by atoms with Crippen molar-refractivity contribution in [2.75, 3.05) is 0 Å². The van der Waals surface area contributed by atoms with Crippen LogP contribution in [0.4, 0.5) is 8.78 Å². The summed E-state index contributed by atoms with van der Waals surface area (Å²) in [4.78, 5) is 10.2. The van der Waals surface area contributed by atoms with Crippen LogP contribution in [0, 0.1) is 0 Å². The Balaban J connectivity index is 2.20. The first kappa shape index (κ1) is 7.39. The second-order valence-corrected chi connectivity index (χ2v) is 2.85. The van der Waals surface area contributed by atoms with Crippen LogP contribution in [0.3, 0.4) is 0 Å². The summed E-state index contributed by atoms with van der Waals surface area (Å²) in [6.07, 6.45) is 3.02. The monoisotopic (exact) mass is 172 g/mol. The molecule has 1 heterocycles. The number of nitrogens with zero attached hydrogens (tertiary/aromatic N) is 2. The van der Waals surface area contributed by atoms with Crippen LogP contribution >= 0.6 is 0 Å². The average molecular weight is 172 g/mol. The molecule has 1 atom stereocenters. The molecule has 0 bridgehead atoms. The van der Waals surface area contributed by atoms with Gasteiger partial charge >= 0.3 is 0 Å². The van der Waals surface area contributed by atoms with Gasteiger partial charge in [-0.05, 0) is 0 Å². The predicted molar refractivity (Wildman–Crippen MR) is 36.2 cm³/mol. The second kappa shape index (κ2) is 2.12. The lowest BCUT2D eigenvalue weighted by Crippen LogP contribution is -2.02. The van der Waals surface area contributed by atoms with E-state index in [1.54, 1.807) is 0 Å². The summed E-state index contributed by atoms with van der Waals surface area (Å²) in [5.74, 6) is -2.63. The minimum Gasteiger partial charge on any atom is -0.298 e. The summed E-state index contributed by atoms with van der Waals surface area (Å²) in [5.41, 5.74) is 0.331. The van der Waals surface area contributed by atoms with Crippen molar-refractivity contribution in [3.63, 3.8) is 0 Å². The van der Waals surface area contributed by atoms with Crippen LogP contribution in [-0.2, 0) is 0 Å². The molecule has 0 aliphatic heterocycles. The molecular formula is C7H6F2N2O. The normalized spacial score (nSPS) is 25.3. The first-order chi connectivity index (χ1) is 5.63. The van der Waals surface area contributed by atoms with Gasteiger partial charge in [0.15, 0.2) is 6.29 Å². The van der Waals surface area contributed by atoms with Gasteiger partial charge in [0.2, 0.25) is 0 Å². The number of aldehydes is 1. The number of carbonyl (C=O) groups is 1. The Morgan fingerprint density at radius 1 is 1.75 bits per heavy atom. The van der Waals surface area contributed by atoms with Gasteiger partial charge in [-0.15, -0.1) is 0 Å². The number of halogens is 2. The lowest BCUT2D eigenvalue weighted by molar-refractivity contribution is 0.0981. The number of alkyl halides is 2. The van der Waals surface area contributed by atoms with Crippen molar-refractivity contribution in [3.8, 4) is 0 Å². The van der Waals surface area contributed by atoms with Gasteiger partial charge in [0, 0.05) is 12.6 Å². The molecule has 0 aromatic carbocycles. The molecule has 3 nitrogen and oxygen atoms in total. The van der Waals surface area contributed by atoms with Gasteiger partial charge in [0.05, 0.1) is 11.8 Å². The minimum absolute atomic E-state index is 0.174. The van der Waals surface area contributed by atoms with Crippen molar-refractivity contribution < 1.29 is 13.6 Å². The van der Waals surface area contributed by atoms with Crippen molar-refractivity contribution in [2.24, 2.45) is 0 Å². The fraction of sp³-hybridized carbons (Fsp3) is 0.429. The maximum absolute atomic E-state index is 12.4. The summed E-state index contributed by atoms with van der Waals surface area (Å²) in [6.45, 7) is 0. The van der Waals surface area contributed by atoms with E-state index in [9.17, 15) is 13.6 Å². The Bertz CT molecular complexity index is 321. The summed E-state index contributed by atoms with van der Waals surface area (Å²) >= 11 is 0. The van der Waals surface area contributed by atoms with E-state index in [2.05, 4.69) is 5.10 Å². The molecule has 1 aromatic heterocycles. The Kier molecular flexibility index (Phi) is 1.31. The van der Waals surface area contributed by atoms with E-state index in [1.165, 1.54) is 12.4 Å². The predicted octanol–water partition coefficient (Wildman–Crippen LogP) is 1.28. The highest BCUT2D eigenvalue weighted by Gasteiger charge is 2.59. The third-order valence-corrected chi connectivity index (χ3v) is 1.87. The molecular weight excluding hydrogens is 166 g/mol. The van der Waals surface area contributed by atoms with Crippen LogP contribution in [0.1, 0.15) is 22.8 Å². The zero-order chi connectivity index (χ0) is 8.77. The number of carbonyl (C=O) groups excluding carboxylic acids is 1. The Labute approximate surface area is 67.0 Å². The van der Waals surface area contributed by atoms with Crippen LogP contribution in [-0.4, -0.2) is 22.0 Å². The first-order valence-electron chi connectivity index (χ1n) is 3.50. The third-order valence-electron chi connectivity index (χ3n) is 1.87. The maximum Gasteiger partial charge on any atom is 0.272 e. The molecule has 1 saturated carbocycles. The average Bonchev–Trinajstić information content (AvgIpc) is 2.52. The second-order valence-electron chi connectivity index (χ2n) is 2.85. The van der Waals surface area contributed by atoms with E-state index in [0.717, 1.165) is 4.68 Å². The molecule has 1 aromatic rings. The zero-order valence-corrected chi connectivity index (χ0v) is 6.08. The number of hydrogen-bond acceptors (Lipinski definition) is 2. The molecule has 0 spiro atoms. The SMILES string of the molecule is O=Cc1cnn(C2CC2(F)F)c1. The van der Waals surface area contributed by atoms with Crippen LogP contribution in [0.5, 0.6) is 0 Å². The number of aromatic nitrogens is 2. The summed E-state index contributed by atoms with van der Waals surface area (Å²) in [5, 5.41) is 3.65. The van der Waals surface area contributed by atoms with E-state index in [-0.39, 0.29) is 6.42 Å². The Morgan fingerprint density at radius 3 is 2.83 bits per heavy atom. The van der Waals surface area contributed by atoms with Crippen molar-refractivity contribution in [3.05, 3.63) is 18.0 Å². The van der Waals surface area contributed by atoms with Gasteiger partial charge in [-0.25, -0.2) is 8.78 Å². The highest BCUT2D eigenvalue weighted by Crippen LogP contribution is 2.51. The fourth-order valence-corrected chi connectivity index (χ4v) is 1.07. The molecule has 2 rings (SSSR count). The van der Waals surface area contributed by atoms with Gasteiger partial charge in [0.1, 0.15) is 6.04 Å². The van der Waals surface area contributed by atoms with Gasteiger partial charge in [-0.3, -0.25) is 9.48 Å². The molecule has 5 heteroatoms. The summed E-state index contributed by atoms with van der Waals surface area (Å²) in [6, 6.07) is -0.841. The van der Waals surface area contributed by atoms with Gasteiger partial charge in [0.25, 0.3) is 5.92 Å². The van der Waals surface area contributed by atoms with E-state index < -0.39 is 12.0 Å². The quantitative estimate of drug-likeness (QED) is 0.630. The van der Waals surface area contributed by atoms with Crippen LogP contribution < -0.4 is 0 Å². The highest BCUT2D eigenvalue weighted by molar-refractivity contribution is 5.73. The number of hydrogen-bond donors (Lipinski definition) is 0. The molecule has 1 aliphatic carbocycles. The minimum atomic E-state index is -2.63. The Morgan fingerprint density at radius 2 is 2.42 bits per heavy atom. The highest BCUT2D eigenvalue weighted by atomic mass is 19.3. The van der Waals surface area contributed by atoms with Crippen molar-refractivity contribution >= 4 is 6.29 Å². The van der Waals surface area contributed by atoms with Crippen LogP contribution in [0.2, 0.25) is 0 Å². The molecule has 0 saturated heterocycles. The first-order valence-corrected chi connectivity index (χ1v) is 3.50. The van der Waals surface area contributed by atoms with E-state index in [0.29, 0.717) is 11.8 Å². The van der Waals surface area contributed by atoms with Gasteiger partial charge in [-0.1, -0.05) is 0 Å². The maximum atomic E-state index is 12.4. The molecule has 0 amide bonds. The smallest absolute Gasteiger partial charge is 0.272 e. The molecule has 64 valence electrons. The molecule has 0 N–H and O–H groups in total. The Hall–Kier alpha value is -1.26. The van der Waals surface area contributed by atoms with Crippen LogP contribution in [0.25, 0.3) is 0 Å². The van der Waals surface area contributed by atoms with E-state index >= 15 is 0 Å². The van der Waals surface area contributed by atoms with Gasteiger partial charge < -0.3 is 0 Å². The lowest BCUT2D eigenvalue weighted by atomic mass is 10.4. The summed E-state index contributed by atoms with van der Waals surface area (Å²) in [7, 11) is 0. The summed E-state index contributed by atoms with van der Waals surface area (Å²) < 4.78 is 26.0. The molecule has 1 unspecified atom stereocenters. The van der Waals surface area contributed by atoms with E-state index in [1.807, 2.05) is 0 Å².